The van der Waals surface area contributed by atoms with Gasteiger partial charge in [-0.1, -0.05) is 11.6 Å². The molecule has 0 aromatic heterocycles. The van der Waals surface area contributed by atoms with E-state index in [2.05, 4.69) is 10.6 Å². The second-order valence-corrected chi connectivity index (χ2v) is 5.89. The third kappa shape index (κ3) is 6.46. The van der Waals surface area contributed by atoms with Crippen molar-refractivity contribution in [3.63, 3.8) is 0 Å². The molecule has 0 heterocycles. The van der Waals surface area contributed by atoms with Crippen molar-refractivity contribution in [2.45, 2.75) is 26.4 Å². The molecule has 0 fully saturated rings. The van der Waals surface area contributed by atoms with Gasteiger partial charge in [0.15, 0.2) is 6.54 Å². The fourth-order valence-corrected chi connectivity index (χ4v) is 2.43. The van der Waals surface area contributed by atoms with Crippen LogP contribution in [-0.2, 0) is 16.1 Å². The largest absolute Gasteiger partial charge is 0.496 e. The number of methoxy groups -OCH3 is 1. The molecule has 1 aromatic rings. The average Bonchev–Trinajstić information content (AvgIpc) is 2.47. The number of benzene rings is 1. The average molecular weight is 343 g/mol. The number of likely N-dealkylation sites (N-methyl/N-ethyl adjacent to an activating group) is 2. The fourth-order valence-electron chi connectivity index (χ4n) is 2.23. The van der Waals surface area contributed by atoms with Crippen molar-refractivity contribution in [3.8, 4) is 5.75 Å². The number of amides is 2. The fraction of sp³-hybridized carbons (Fsp3) is 0.500. The Bertz CT molecular complexity index is 551. The molecule has 3 N–H and O–H groups in total. The highest BCUT2D eigenvalue weighted by molar-refractivity contribution is 6.30. The molecule has 2 amide bonds. The molecular formula is C16H25ClN3O3+. The molecule has 1 rings (SSSR count). The van der Waals surface area contributed by atoms with E-state index in [1.807, 2.05) is 26.1 Å². The summed E-state index contributed by atoms with van der Waals surface area (Å²) in [5.74, 6) is 0.377. The normalized spacial score (nSPS) is 13.1. The third-order valence-electron chi connectivity index (χ3n) is 3.32. The first kappa shape index (κ1) is 19.3. The molecular weight excluding hydrogens is 318 g/mol. The Balaban J connectivity index is 2.56. The van der Waals surface area contributed by atoms with Gasteiger partial charge in [-0.25, -0.2) is 0 Å². The smallest absolute Gasteiger partial charge is 0.275 e. The Morgan fingerprint density at radius 3 is 2.70 bits per heavy atom. The Morgan fingerprint density at radius 2 is 2.09 bits per heavy atom. The van der Waals surface area contributed by atoms with Crippen molar-refractivity contribution < 1.29 is 19.2 Å². The minimum absolute atomic E-state index is 0.178. The summed E-state index contributed by atoms with van der Waals surface area (Å²) in [4.78, 5) is 24.6. The van der Waals surface area contributed by atoms with Crippen LogP contribution in [0.15, 0.2) is 18.2 Å². The maximum Gasteiger partial charge on any atom is 0.275 e. The van der Waals surface area contributed by atoms with E-state index in [0.29, 0.717) is 18.1 Å². The number of ether oxygens (including phenoxy) is 1. The Hall–Kier alpha value is -1.79. The van der Waals surface area contributed by atoms with Gasteiger partial charge in [-0.05, 0) is 32.0 Å². The predicted molar refractivity (Wildman–Crippen MR) is 89.8 cm³/mol. The molecule has 23 heavy (non-hydrogen) atoms. The third-order valence-corrected chi connectivity index (χ3v) is 3.55. The molecule has 2 atom stereocenters. The number of carbonyl (C=O) groups excluding carboxylic acids is 2. The molecule has 6 nitrogen and oxygen atoms in total. The van der Waals surface area contributed by atoms with Gasteiger partial charge in [0.1, 0.15) is 18.3 Å². The van der Waals surface area contributed by atoms with E-state index in [1.165, 1.54) is 0 Å². The van der Waals surface area contributed by atoms with Crippen LogP contribution in [0, 0.1) is 0 Å². The van der Waals surface area contributed by atoms with Crippen LogP contribution in [0.1, 0.15) is 19.4 Å². The zero-order valence-corrected chi connectivity index (χ0v) is 14.8. The first-order valence-corrected chi connectivity index (χ1v) is 7.96. The number of nitrogens with one attached hydrogen (secondary N) is 3. The van der Waals surface area contributed by atoms with Crippen molar-refractivity contribution in [2.75, 3.05) is 27.2 Å². The van der Waals surface area contributed by atoms with Gasteiger partial charge in [0.05, 0.1) is 14.2 Å². The molecule has 0 bridgehead atoms. The van der Waals surface area contributed by atoms with Crippen molar-refractivity contribution in [3.05, 3.63) is 28.8 Å². The lowest BCUT2D eigenvalue weighted by molar-refractivity contribution is -0.885. The van der Waals surface area contributed by atoms with Gasteiger partial charge < -0.3 is 20.3 Å². The van der Waals surface area contributed by atoms with E-state index in [9.17, 15) is 9.59 Å². The van der Waals surface area contributed by atoms with E-state index in [-0.39, 0.29) is 18.4 Å². The Morgan fingerprint density at radius 1 is 1.39 bits per heavy atom. The number of halogens is 1. The predicted octanol–water partition coefficient (Wildman–Crippen LogP) is 0.00410. The Labute approximate surface area is 142 Å². The van der Waals surface area contributed by atoms with E-state index >= 15 is 0 Å². The van der Waals surface area contributed by atoms with Gasteiger partial charge in [-0.3, -0.25) is 9.59 Å². The van der Waals surface area contributed by atoms with Crippen LogP contribution < -0.4 is 20.3 Å². The summed E-state index contributed by atoms with van der Waals surface area (Å²) in [7, 11) is 3.50. The van der Waals surface area contributed by atoms with Crippen LogP contribution in [0.25, 0.3) is 0 Å². The lowest BCUT2D eigenvalue weighted by atomic mass is 10.2. The minimum Gasteiger partial charge on any atom is -0.496 e. The molecule has 1 unspecified atom stereocenters. The summed E-state index contributed by atoms with van der Waals surface area (Å²) in [5, 5.41) is 5.99. The number of carbonyl (C=O) groups is 2. The summed E-state index contributed by atoms with van der Waals surface area (Å²) >= 11 is 6.01. The number of quaternary nitrogens is 1. The van der Waals surface area contributed by atoms with Crippen LogP contribution in [0.5, 0.6) is 5.75 Å². The number of hydrogen-bond donors (Lipinski definition) is 3. The zero-order valence-electron chi connectivity index (χ0n) is 14.0. The van der Waals surface area contributed by atoms with Crippen molar-refractivity contribution in [2.24, 2.45) is 0 Å². The van der Waals surface area contributed by atoms with Crippen molar-refractivity contribution in [1.29, 1.82) is 0 Å². The second-order valence-electron chi connectivity index (χ2n) is 5.45. The second kappa shape index (κ2) is 9.37. The first-order chi connectivity index (χ1) is 10.9. The molecule has 0 aliphatic rings. The van der Waals surface area contributed by atoms with Gasteiger partial charge in [-0.15, -0.1) is 0 Å². The van der Waals surface area contributed by atoms with Gasteiger partial charge >= 0.3 is 0 Å². The molecule has 7 heteroatoms. The summed E-state index contributed by atoms with van der Waals surface area (Å²) in [6.45, 7) is 4.88. The van der Waals surface area contributed by atoms with Crippen LogP contribution in [0.4, 0.5) is 0 Å². The molecule has 128 valence electrons. The van der Waals surface area contributed by atoms with Gasteiger partial charge in [0, 0.05) is 17.1 Å². The van der Waals surface area contributed by atoms with Gasteiger partial charge in [0.25, 0.3) is 5.91 Å². The molecule has 0 spiro atoms. The van der Waals surface area contributed by atoms with Crippen LogP contribution in [0.3, 0.4) is 0 Å². The quantitative estimate of drug-likeness (QED) is 0.623. The highest BCUT2D eigenvalue weighted by Gasteiger charge is 2.18. The number of rotatable bonds is 8. The molecule has 0 saturated carbocycles. The molecule has 1 aromatic carbocycles. The topological polar surface area (TPSA) is 71.9 Å². The SMILES string of the molecule is CCNC(=O)[C@H](C)NC(=O)C[NH+](C)Cc1cc(Cl)ccc1OC. The molecule has 0 saturated heterocycles. The molecule has 0 aliphatic carbocycles. The lowest BCUT2D eigenvalue weighted by Gasteiger charge is -2.18. The molecule has 0 aliphatic heterocycles. The lowest BCUT2D eigenvalue weighted by Crippen LogP contribution is -3.09. The summed E-state index contributed by atoms with van der Waals surface area (Å²) < 4.78 is 5.30. The van der Waals surface area contributed by atoms with E-state index in [0.717, 1.165) is 16.2 Å². The Kier molecular flexibility index (Phi) is 7.85. The van der Waals surface area contributed by atoms with Crippen LogP contribution in [0.2, 0.25) is 5.02 Å². The van der Waals surface area contributed by atoms with Crippen LogP contribution in [-0.4, -0.2) is 45.1 Å². The standard InChI is InChI=1S/C16H24ClN3O3/c1-5-18-16(22)11(2)19-15(21)10-20(3)9-12-8-13(17)6-7-14(12)23-4/h6-8,11H,5,9-10H2,1-4H3,(H,18,22)(H,19,21)/p+1/t11-/m0/s1. The summed E-state index contributed by atoms with van der Waals surface area (Å²) in [6, 6.07) is 4.86. The van der Waals surface area contributed by atoms with E-state index in [1.54, 1.807) is 20.1 Å². The minimum atomic E-state index is -0.545. The highest BCUT2D eigenvalue weighted by atomic mass is 35.5. The van der Waals surface area contributed by atoms with Crippen LogP contribution >= 0.6 is 11.6 Å². The highest BCUT2D eigenvalue weighted by Crippen LogP contribution is 2.21. The van der Waals surface area contributed by atoms with E-state index < -0.39 is 6.04 Å². The molecule has 0 radical (unpaired) electrons. The van der Waals surface area contributed by atoms with E-state index in [4.69, 9.17) is 16.3 Å². The van der Waals surface area contributed by atoms with Gasteiger partial charge in [0.2, 0.25) is 5.91 Å². The maximum atomic E-state index is 12.0. The van der Waals surface area contributed by atoms with Crippen molar-refractivity contribution in [1.82, 2.24) is 10.6 Å². The van der Waals surface area contributed by atoms with Gasteiger partial charge in [-0.2, -0.15) is 0 Å². The number of hydrogen-bond acceptors (Lipinski definition) is 3. The summed E-state index contributed by atoms with van der Waals surface area (Å²) in [5.41, 5.74) is 0.932. The van der Waals surface area contributed by atoms with Crippen molar-refractivity contribution >= 4 is 23.4 Å². The first-order valence-electron chi connectivity index (χ1n) is 7.58. The zero-order chi connectivity index (χ0) is 17.4. The maximum absolute atomic E-state index is 12.0. The monoisotopic (exact) mass is 342 g/mol. The summed E-state index contributed by atoms with van der Waals surface area (Å²) in [6.07, 6.45) is 0.